The summed E-state index contributed by atoms with van der Waals surface area (Å²) in [6, 6.07) is 8.49. The van der Waals surface area contributed by atoms with Crippen LogP contribution in [0.5, 0.6) is 0 Å². The largest absolute Gasteiger partial charge is 0.348 e. The van der Waals surface area contributed by atoms with Crippen molar-refractivity contribution in [2.75, 3.05) is 5.88 Å². The van der Waals surface area contributed by atoms with Gasteiger partial charge in [0.25, 0.3) is 0 Å². The number of nitrogens with one attached hydrogen (secondary N) is 1. The Labute approximate surface area is 101 Å². The minimum atomic E-state index is -0.0841. The van der Waals surface area contributed by atoms with Gasteiger partial charge < -0.3 is 5.32 Å². The minimum Gasteiger partial charge on any atom is -0.348 e. The molecule has 1 atom stereocenters. The lowest BCUT2D eigenvalue weighted by Gasteiger charge is -2.18. The van der Waals surface area contributed by atoms with Crippen LogP contribution in [0.3, 0.4) is 0 Å². The molecule has 1 fully saturated rings. The third kappa shape index (κ3) is 2.76. The maximum Gasteiger partial charge on any atom is 0.235 e. The summed E-state index contributed by atoms with van der Waals surface area (Å²) >= 11 is 5.52. The van der Waals surface area contributed by atoms with Crippen molar-refractivity contribution in [3.05, 3.63) is 35.4 Å². The van der Waals surface area contributed by atoms with Gasteiger partial charge in [0.1, 0.15) is 5.88 Å². The minimum absolute atomic E-state index is 0.0368. The van der Waals surface area contributed by atoms with Crippen molar-refractivity contribution < 1.29 is 4.79 Å². The van der Waals surface area contributed by atoms with Crippen molar-refractivity contribution in [1.82, 2.24) is 5.32 Å². The molecule has 2 nitrogen and oxygen atoms in total. The number of rotatable bonds is 4. The van der Waals surface area contributed by atoms with E-state index in [1.54, 1.807) is 0 Å². The van der Waals surface area contributed by atoms with Crippen molar-refractivity contribution in [2.45, 2.75) is 25.8 Å². The van der Waals surface area contributed by atoms with Gasteiger partial charge >= 0.3 is 0 Å². The zero-order chi connectivity index (χ0) is 11.5. The molecule has 0 spiro atoms. The van der Waals surface area contributed by atoms with E-state index in [9.17, 15) is 4.79 Å². The Morgan fingerprint density at radius 1 is 1.44 bits per heavy atom. The van der Waals surface area contributed by atoms with E-state index >= 15 is 0 Å². The lowest BCUT2D eigenvalue weighted by Crippen LogP contribution is -2.30. The molecule has 0 aliphatic heterocycles. The van der Waals surface area contributed by atoms with Crippen LogP contribution in [0.1, 0.15) is 30.0 Å². The van der Waals surface area contributed by atoms with E-state index in [2.05, 4.69) is 36.5 Å². The molecule has 0 radical (unpaired) electrons. The van der Waals surface area contributed by atoms with Crippen molar-refractivity contribution in [3.63, 3.8) is 0 Å². The Morgan fingerprint density at radius 2 is 2.06 bits per heavy atom. The van der Waals surface area contributed by atoms with Gasteiger partial charge in [-0.05, 0) is 31.2 Å². The summed E-state index contributed by atoms with van der Waals surface area (Å²) in [5, 5.41) is 2.99. The number of halogens is 1. The summed E-state index contributed by atoms with van der Waals surface area (Å²) in [5.41, 5.74) is 2.42. The van der Waals surface area contributed by atoms with Crippen LogP contribution in [-0.2, 0) is 4.79 Å². The first-order chi connectivity index (χ1) is 7.70. The van der Waals surface area contributed by atoms with Crippen LogP contribution in [0, 0.1) is 12.8 Å². The molecule has 0 heterocycles. The Balaban J connectivity index is 2.12. The van der Waals surface area contributed by atoms with E-state index < -0.39 is 0 Å². The van der Waals surface area contributed by atoms with Gasteiger partial charge in [-0.1, -0.05) is 29.8 Å². The molecule has 1 N–H and O–H groups in total. The topological polar surface area (TPSA) is 29.1 Å². The van der Waals surface area contributed by atoms with E-state index in [0.717, 1.165) is 0 Å². The fraction of sp³-hybridized carbons (Fsp3) is 0.462. The predicted octanol–water partition coefficient (Wildman–Crippen LogP) is 2.80. The number of amides is 1. The monoisotopic (exact) mass is 237 g/mol. The maximum absolute atomic E-state index is 11.4. The highest BCUT2D eigenvalue weighted by Crippen LogP contribution is 2.40. The Morgan fingerprint density at radius 3 is 2.56 bits per heavy atom. The highest BCUT2D eigenvalue weighted by atomic mass is 35.5. The average molecular weight is 238 g/mol. The highest BCUT2D eigenvalue weighted by molar-refractivity contribution is 6.27. The van der Waals surface area contributed by atoms with Crippen LogP contribution in [0.15, 0.2) is 24.3 Å². The van der Waals surface area contributed by atoms with E-state index in [0.29, 0.717) is 5.92 Å². The lowest BCUT2D eigenvalue weighted by atomic mass is 10.0. The van der Waals surface area contributed by atoms with Gasteiger partial charge in [0.15, 0.2) is 0 Å². The molecular weight excluding hydrogens is 222 g/mol. The summed E-state index contributed by atoms with van der Waals surface area (Å²) in [6.45, 7) is 2.06. The normalized spacial score (nSPS) is 16.9. The molecule has 0 aromatic heterocycles. The fourth-order valence-corrected chi connectivity index (χ4v) is 1.97. The molecule has 16 heavy (non-hydrogen) atoms. The van der Waals surface area contributed by atoms with Crippen molar-refractivity contribution in [3.8, 4) is 0 Å². The number of hydrogen-bond acceptors (Lipinski definition) is 1. The molecule has 86 valence electrons. The molecular formula is C13H16ClNO. The summed E-state index contributed by atoms with van der Waals surface area (Å²) in [4.78, 5) is 11.4. The SMILES string of the molecule is Cc1ccc([C@H](NC(=O)CCl)C2CC2)cc1. The number of benzene rings is 1. The summed E-state index contributed by atoms with van der Waals surface area (Å²) in [7, 11) is 0. The number of hydrogen-bond donors (Lipinski definition) is 1. The van der Waals surface area contributed by atoms with Crippen molar-refractivity contribution in [1.29, 1.82) is 0 Å². The summed E-state index contributed by atoms with van der Waals surface area (Å²) in [5.74, 6) is 0.545. The van der Waals surface area contributed by atoms with Crippen molar-refractivity contribution >= 4 is 17.5 Å². The summed E-state index contributed by atoms with van der Waals surface area (Å²) < 4.78 is 0. The van der Waals surface area contributed by atoms with Crippen LogP contribution in [0.25, 0.3) is 0 Å². The van der Waals surface area contributed by atoms with E-state index in [-0.39, 0.29) is 17.8 Å². The Bertz CT molecular complexity index is 370. The molecule has 1 aliphatic carbocycles. The van der Waals surface area contributed by atoms with Gasteiger partial charge in [0, 0.05) is 0 Å². The molecule has 2 rings (SSSR count). The smallest absolute Gasteiger partial charge is 0.235 e. The molecule has 0 unspecified atom stereocenters. The van der Waals surface area contributed by atoms with Crippen LogP contribution in [0.2, 0.25) is 0 Å². The van der Waals surface area contributed by atoms with Gasteiger partial charge in [-0.25, -0.2) is 0 Å². The number of alkyl halides is 1. The van der Waals surface area contributed by atoms with E-state index in [4.69, 9.17) is 11.6 Å². The number of carbonyl (C=O) groups is 1. The molecule has 1 aromatic rings. The first kappa shape index (κ1) is 11.5. The van der Waals surface area contributed by atoms with Gasteiger partial charge in [-0.2, -0.15) is 0 Å². The van der Waals surface area contributed by atoms with E-state index in [1.807, 2.05) is 0 Å². The third-order valence-corrected chi connectivity index (χ3v) is 3.21. The van der Waals surface area contributed by atoms with Gasteiger partial charge in [-0.3, -0.25) is 4.79 Å². The molecule has 1 aromatic carbocycles. The van der Waals surface area contributed by atoms with E-state index in [1.165, 1.54) is 24.0 Å². The highest BCUT2D eigenvalue weighted by Gasteiger charge is 2.33. The molecule has 1 saturated carbocycles. The van der Waals surface area contributed by atoms with Crippen LogP contribution < -0.4 is 5.32 Å². The van der Waals surface area contributed by atoms with Gasteiger partial charge in [-0.15, -0.1) is 11.6 Å². The first-order valence-electron chi connectivity index (χ1n) is 5.62. The second-order valence-electron chi connectivity index (χ2n) is 4.43. The molecule has 1 aliphatic rings. The third-order valence-electron chi connectivity index (χ3n) is 2.97. The fourth-order valence-electron chi connectivity index (χ4n) is 1.89. The maximum atomic E-state index is 11.4. The number of carbonyl (C=O) groups excluding carboxylic acids is 1. The first-order valence-corrected chi connectivity index (χ1v) is 6.16. The molecule has 0 bridgehead atoms. The quantitative estimate of drug-likeness (QED) is 0.802. The number of aryl methyl sites for hydroxylation is 1. The molecule has 3 heteroatoms. The van der Waals surface area contributed by atoms with Crippen molar-refractivity contribution in [2.24, 2.45) is 5.92 Å². The second-order valence-corrected chi connectivity index (χ2v) is 4.69. The zero-order valence-corrected chi connectivity index (χ0v) is 10.1. The summed E-state index contributed by atoms with van der Waals surface area (Å²) in [6.07, 6.45) is 2.39. The average Bonchev–Trinajstić information content (AvgIpc) is 3.11. The van der Waals surface area contributed by atoms with Crippen LogP contribution in [0.4, 0.5) is 0 Å². The lowest BCUT2D eigenvalue weighted by molar-refractivity contribution is -0.119. The zero-order valence-electron chi connectivity index (χ0n) is 9.37. The van der Waals surface area contributed by atoms with Gasteiger partial charge in [0.2, 0.25) is 5.91 Å². The predicted molar refractivity (Wildman–Crippen MR) is 65.5 cm³/mol. The molecule has 1 amide bonds. The Kier molecular flexibility index (Phi) is 3.49. The Hall–Kier alpha value is -1.02. The molecule has 0 saturated heterocycles. The van der Waals surface area contributed by atoms with Gasteiger partial charge in [0.05, 0.1) is 6.04 Å². The van der Waals surface area contributed by atoms with Crippen LogP contribution >= 0.6 is 11.6 Å². The second kappa shape index (κ2) is 4.88. The standard InChI is InChI=1S/C13H16ClNO/c1-9-2-4-10(5-3-9)13(11-6-7-11)15-12(16)8-14/h2-5,11,13H,6-8H2,1H3,(H,15,16)/t13-/m0/s1. The van der Waals surface area contributed by atoms with Crippen LogP contribution in [-0.4, -0.2) is 11.8 Å².